The number of halogens is 1. The highest BCUT2D eigenvalue weighted by molar-refractivity contribution is 9.10. The number of imide groups is 1. The van der Waals surface area contributed by atoms with Gasteiger partial charge in [0.25, 0.3) is 5.91 Å². The van der Waals surface area contributed by atoms with E-state index < -0.39 is 17.3 Å². The summed E-state index contributed by atoms with van der Waals surface area (Å²) >= 11 is 3.42. The Labute approximate surface area is 136 Å². The van der Waals surface area contributed by atoms with E-state index in [1.165, 1.54) is 7.11 Å². The van der Waals surface area contributed by atoms with Crippen LogP contribution in [0.3, 0.4) is 0 Å². The number of benzene rings is 1. The maximum absolute atomic E-state index is 13.0. The average molecular weight is 366 g/mol. The number of nitrogens with zero attached hydrogens (tertiary/aromatic N) is 1. The van der Waals surface area contributed by atoms with E-state index >= 15 is 0 Å². The molecule has 1 aliphatic carbocycles. The van der Waals surface area contributed by atoms with E-state index in [2.05, 4.69) is 20.7 Å². The molecule has 1 saturated carbocycles. The zero-order chi connectivity index (χ0) is 15.9. The van der Waals surface area contributed by atoms with E-state index in [1.54, 1.807) is 12.1 Å². The second-order valence-corrected chi connectivity index (χ2v) is 6.67. The fourth-order valence-electron chi connectivity index (χ4n) is 3.51. The van der Waals surface area contributed by atoms with Crippen LogP contribution in [0.25, 0.3) is 0 Å². The third kappa shape index (κ3) is 2.17. The third-order valence-electron chi connectivity index (χ3n) is 4.60. The lowest BCUT2D eigenvalue weighted by atomic mass is 9.72. The largest absolute Gasteiger partial charge is 0.468 e. The van der Waals surface area contributed by atoms with Crippen molar-refractivity contribution in [1.29, 1.82) is 0 Å². The quantitative estimate of drug-likeness (QED) is 0.596. The fourth-order valence-corrected chi connectivity index (χ4v) is 3.87. The molecule has 0 radical (unpaired) electrons. The van der Waals surface area contributed by atoms with Crippen molar-refractivity contribution >= 4 is 33.7 Å². The molecule has 1 aromatic rings. The number of methoxy groups -OCH3 is 1. The Bertz CT molecular complexity index is 664. The van der Waals surface area contributed by atoms with Gasteiger partial charge in [0.1, 0.15) is 6.54 Å². The second-order valence-electron chi connectivity index (χ2n) is 5.75. The summed E-state index contributed by atoms with van der Waals surface area (Å²) < 4.78 is 5.46. The highest BCUT2D eigenvalue weighted by atomic mass is 79.9. The van der Waals surface area contributed by atoms with Crippen LogP contribution in [-0.2, 0) is 19.7 Å². The van der Waals surface area contributed by atoms with Crippen molar-refractivity contribution in [2.75, 3.05) is 13.7 Å². The molecule has 0 unspecified atom stereocenters. The first-order valence-corrected chi connectivity index (χ1v) is 8.02. The molecule has 1 spiro atoms. The van der Waals surface area contributed by atoms with Crippen molar-refractivity contribution in [2.24, 2.45) is 0 Å². The van der Waals surface area contributed by atoms with Gasteiger partial charge in [0.05, 0.1) is 12.5 Å². The van der Waals surface area contributed by atoms with E-state index in [4.69, 9.17) is 0 Å². The van der Waals surface area contributed by atoms with Crippen molar-refractivity contribution in [3.05, 3.63) is 33.8 Å². The van der Waals surface area contributed by atoms with Crippen LogP contribution in [0.4, 0.5) is 0 Å². The topological polar surface area (TPSA) is 63.7 Å². The molecule has 1 aromatic carbocycles. The van der Waals surface area contributed by atoms with Gasteiger partial charge in [0.15, 0.2) is 0 Å². The molecule has 22 heavy (non-hydrogen) atoms. The zero-order valence-electron chi connectivity index (χ0n) is 12.2. The summed E-state index contributed by atoms with van der Waals surface area (Å²) in [4.78, 5) is 38.2. The second kappa shape index (κ2) is 5.50. The van der Waals surface area contributed by atoms with E-state index in [9.17, 15) is 14.4 Å². The molecular formula is C16H16BrNO4. The lowest BCUT2D eigenvalue weighted by Crippen LogP contribution is -2.54. The molecule has 2 amide bonds. The number of ether oxygens (including phenoxy) is 1. The van der Waals surface area contributed by atoms with Crippen LogP contribution in [0.15, 0.2) is 22.7 Å². The van der Waals surface area contributed by atoms with E-state index in [-0.39, 0.29) is 12.5 Å². The number of esters is 1. The van der Waals surface area contributed by atoms with Crippen molar-refractivity contribution in [3.8, 4) is 0 Å². The summed E-state index contributed by atoms with van der Waals surface area (Å²) in [5.74, 6) is -1.28. The first-order chi connectivity index (χ1) is 10.5. The van der Waals surface area contributed by atoms with Crippen molar-refractivity contribution in [3.63, 3.8) is 0 Å². The Balaban J connectivity index is 2.13. The molecule has 0 saturated heterocycles. The van der Waals surface area contributed by atoms with Crippen LogP contribution < -0.4 is 0 Å². The van der Waals surface area contributed by atoms with E-state index in [1.807, 2.05) is 6.07 Å². The number of hydrogen-bond acceptors (Lipinski definition) is 4. The van der Waals surface area contributed by atoms with Gasteiger partial charge >= 0.3 is 5.97 Å². The van der Waals surface area contributed by atoms with Gasteiger partial charge in [-0.05, 0) is 36.6 Å². The van der Waals surface area contributed by atoms with Crippen molar-refractivity contribution in [2.45, 2.75) is 31.1 Å². The van der Waals surface area contributed by atoms with Crippen LogP contribution >= 0.6 is 15.9 Å². The minimum absolute atomic E-state index is 0.272. The number of fused-ring (bicyclic) bond motifs is 2. The Morgan fingerprint density at radius 2 is 2.00 bits per heavy atom. The summed E-state index contributed by atoms with van der Waals surface area (Å²) in [5.41, 5.74) is 0.616. The zero-order valence-corrected chi connectivity index (χ0v) is 13.8. The van der Waals surface area contributed by atoms with Gasteiger partial charge in [-0.2, -0.15) is 0 Å². The number of rotatable bonds is 2. The summed E-state index contributed by atoms with van der Waals surface area (Å²) in [6.45, 7) is -0.328. The highest BCUT2D eigenvalue weighted by Crippen LogP contribution is 2.47. The summed E-state index contributed by atoms with van der Waals surface area (Å²) in [6.07, 6.45) is 3.30. The summed E-state index contributed by atoms with van der Waals surface area (Å²) in [6, 6.07) is 5.37. The molecule has 2 aliphatic rings. The van der Waals surface area contributed by atoms with Gasteiger partial charge in [0, 0.05) is 10.0 Å². The maximum atomic E-state index is 13.0. The number of amides is 2. The van der Waals surface area contributed by atoms with Gasteiger partial charge in [-0.1, -0.05) is 28.8 Å². The minimum atomic E-state index is -0.680. The Morgan fingerprint density at radius 3 is 2.64 bits per heavy atom. The molecular weight excluding hydrogens is 350 g/mol. The van der Waals surface area contributed by atoms with E-state index in [0.29, 0.717) is 18.4 Å². The Hall–Kier alpha value is -1.69. The van der Waals surface area contributed by atoms with E-state index in [0.717, 1.165) is 27.8 Å². The van der Waals surface area contributed by atoms with Gasteiger partial charge in [0.2, 0.25) is 5.91 Å². The molecule has 5 nitrogen and oxygen atoms in total. The smallest absolute Gasteiger partial charge is 0.325 e. The predicted molar refractivity (Wildman–Crippen MR) is 82.3 cm³/mol. The monoisotopic (exact) mass is 365 g/mol. The Kier molecular flexibility index (Phi) is 3.80. The van der Waals surface area contributed by atoms with Gasteiger partial charge in [-0.25, -0.2) is 0 Å². The molecule has 0 bridgehead atoms. The van der Waals surface area contributed by atoms with Crippen LogP contribution in [0.2, 0.25) is 0 Å². The molecule has 1 heterocycles. The lowest BCUT2D eigenvalue weighted by Gasteiger charge is -2.39. The molecule has 116 valence electrons. The molecule has 0 aromatic heterocycles. The summed E-state index contributed by atoms with van der Waals surface area (Å²) in [5, 5.41) is 0. The predicted octanol–water partition coefficient (Wildman–Crippen LogP) is 2.42. The minimum Gasteiger partial charge on any atom is -0.468 e. The average Bonchev–Trinajstić information content (AvgIpc) is 3.00. The fraction of sp³-hybridized carbons (Fsp3) is 0.438. The molecule has 6 heteroatoms. The number of carbonyl (C=O) groups is 3. The Morgan fingerprint density at radius 1 is 1.32 bits per heavy atom. The van der Waals surface area contributed by atoms with Gasteiger partial charge in [-0.15, -0.1) is 0 Å². The standard InChI is InChI=1S/C16H16BrNO4/c1-22-13(19)9-18-14(20)11-5-4-10(17)8-12(11)16(15(18)21)6-2-3-7-16/h4-5,8H,2-3,6-7,9H2,1H3. The molecule has 1 aliphatic heterocycles. The molecule has 3 rings (SSSR count). The van der Waals surface area contributed by atoms with Crippen LogP contribution in [-0.4, -0.2) is 36.3 Å². The maximum Gasteiger partial charge on any atom is 0.325 e. The van der Waals surface area contributed by atoms with Crippen LogP contribution in [0, 0.1) is 0 Å². The van der Waals surface area contributed by atoms with Crippen LogP contribution in [0.5, 0.6) is 0 Å². The highest BCUT2D eigenvalue weighted by Gasteiger charge is 2.52. The SMILES string of the molecule is COC(=O)CN1C(=O)c2ccc(Br)cc2C2(CCCC2)C1=O. The normalized spacial score (nSPS) is 19.5. The first kappa shape index (κ1) is 15.2. The third-order valence-corrected chi connectivity index (χ3v) is 5.09. The van der Waals surface area contributed by atoms with Gasteiger partial charge < -0.3 is 4.74 Å². The van der Waals surface area contributed by atoms with Crippen molar-refractivity contribution in [1.82, 2.24) is 4.90 Å². The number of hydrogen-bond donors (Lipinski definition) is 0. The summed E-state index contributed by atoms with van der Waals surface area (Å²) in [7, 11) is 1.25. The molecule has 1 fully saturated rings. The van der Waals surface area contributed by atoms with Gasteiger partial charge in [-0.3, -0.25) is 19.3 Å². The molecule has 0 N–H and O–H groups in total. The van der Waals surface area contributed by atoms with Crippen LogP contribution in [0.1, 0.15) is 41.6 Å². The number of carbonyl (C=O) groups excluding carboxylic acids is 3. The van der Waals surface area contributed by atoms with Crippen molar-refractivity contribution < 1.29 is 19.1 Å². The lowest BCUT2D eigenvalue weighted by molar-refractivity contribution is -0.147. The molecule has 0 atom stereocenters. The first-order valence-electron chi connectivity index (χ1n) is 7.23.